The van der Waals surface area contributed by atoms with Crippen molar-refractivity contribution in [2.24, 2.45) is 0 Å². The van der Waals surface area contributed by atoms with Crippen LogP contribution in [0, 0.1) is 10.1 Å². The van der Waals surface area contributed by atoms with Gasteiger partial charge in [-0.15, -0.1) is 0 Å². The molecule has 0 aromatic heterocycles. The standard InChI is InChI=1S/C16H15NO3/c1-20-16-9-7-14(8-10-16)12-15(17(18)19)11-13-5-3-2-4-6-13/h2-11H,12H2,1H3. The summed E-state index contributed by atoms with van der Waals surface area (Å²) in [5.74, 6) is 0.739. The van der Waals surface area contributed by atoms with Gasteiger partial charge >= 0.3 is 0 Å². The van der Waals surface area contributed by atoms with E-state index in [2.05, 4.69) is 0 Å². The average Bonchev–Trinajstić information content (AvgIpc) is 2.48. The molecule has 0 aliphatic rings. The number of hydrogen-bond acceptors (Lipinski definition) is 3. The zero-order valence-electron chi connectivity index (χ0n) is 11.2. The lowest BCUT2D eigenvalue weighted by atomic mass is 10.1. The van der Waals surface area contributed by atoms with Crippen LogP contribution in [0.5, 0.6) is 5.75 Å². The molecule has 0 spiro atoms. The fraction of sp³-hybridized carbons (Fsp3) is 0.125. The maximum absolute atomic E-state index is 11.1. The van der Waals surface area contributed by atoms with Gasteiger partial charge in [-0.1, -0.05) is 42.5 Å². The first-order valence-corrected chi connectivity index (χ1v) is 6.22. The summed E-state index contributed by atoms with van der Waals surface area (Å²) in [5, 5.41) is 11.1. The molecule has 2 aromatic rings. The predicted octanol–water partition coefficient (Wildman–Crippen LogP) is 3.56. The summed E-state index contributed by atoms with van der Waals surface area (Å²) in [6.07, 6.45) is 1.89. The van der Waals surface area contributed by atoms with E-state index in [1.165, 1.54) is 0 Å². The normalized spacial score (nSPS) is 11.2. The number of rotatable bonds is 5. The van der Waals surface area contributed by atoms with Crippen molar-refractivity contribution >= 4 is 6.08 Å². The molecule has 102 valence electrons. The molecule has 0 atom stereocenters. The van der Waals surface area contributed by atoms with Crippen molar-refractivity contribution in [1.82, 2.24) is 0 Å². The Balaban J connectivity index is 2.21. The Morgan fingerprint density at radius 1 is 1.15 bits per heavy atom. The summed E-state index contributed by atoms with van der Waals surface area (Å²) in [5.41, 5.74) is 1.87. The van der Waals surface area contributed by atoms with Crippen molar-refractivity contribution in [2.75, 3.05) is 7.11 Å². The molecule has 2 rings (SSSR count). The number of methoxy groups -OCH3 is 1. The maximum atomic E-state index is 11.1. The van der Waals surface area contributed by atoms with Crippen LogP contribution in [0.2, 0.25) is 0 Å². The molecular weight excluding hydrogens is 254 g/mol. The topological polar surface area (TPSA) is 52.4 Å². The Morgan fingerprint density at radius 3 is 2.35 bits per heavy atom. The lowest BCUT2D eigenvalue weighted by Crippen LogP contribution is -2.02. The third-order valence-corrected chi connectivity index (χ3v) is 2.91. The summed E-state index contributed by atoms with van der Waals surface area (Å²) in [7, 11) is 1.59. The van der Waals surface area contributed by atoms with Gasteiger partial charge in [-0.2, -0.15) is 0 Å². The van der Waals surface area contributed by atoms with Gasteiger partial charge in [-0.25, -0.2) is 0 Å². The van der Waals surface area contributed by atoms with Crippen molar-refractivity contribution < 1.29 is 9.66 Å². The molecule has 0 heterocycles. The van der Waals surface area contributed by atoms with Crippen LogP contribution in [0.15, 0.2) is 60.3 Å². The highest BCUT2D eigenvalue weighted by atomic mass is 16.6. The first kappa shape index (κ1) is 13.8. The number of nitrogens with zero attached hydrogens (tertiary/aromatic N) is 1. The summed E-state index contributed by atoms with van der Waals surface area (Å²) in [6, 6.07) is 16.6. The molecule has 0 bridgehead atoms. The van der Waals surface area contributed by atoms with Gasteiger partial charge in [0.05, 0.1) is 18.5 Å². The maximum Gasteiger partial charge on any atom is 0.251 e. The van der Waals surface area contributed by atoms with Gasteiger partial charge in [-0.3, -0.25) is 10.1 Å². The first-order valence-electron chi connectivity index (χ1n) is 6.22. The highest BCUT2D eigenvalue weighted by molar-refractivity contribution is 5.51. The monoisotopic (exact) mass is 269 g/mol. The fourth-order valence-electron chi connectivity index (χ4n) is 1.86. The van der Waals surface area contributed by atoms with Crippen molar-refractivity contribution in [3.8, 4) is 5.75 Å². The van der Waals surface area contributed by atoms with Gasteiger partial charge < -0.3 is 4.74 Å². The minimum absolute atomic E-state index is 0.168. The third kappa shape index (κ3) is 3.68. The van der Waals surface area contributed by atoms with E-state index in [-0.39, 0.29) is 17.0 Å². The van der Waals surface area contributed by atoms with E-state index >= 15 is 0 Å². The molecule has 0 aliphatic heterocycles. The molecule has 0 saturated carbocycles. The summed E-state index contributed by atoms with van der Waals surface area (Å²) in [4.78, 5) is 10.8. The second-order valence-corrected chi connectivity index (χ2v) is 4.33. The molecule has 0 unspecified atom stereocenters. The van der Waals surface area contributed by atoms with E-state index < -0.39 is 0 Å². The van der Waals surface area contributed by atoms with E-state index in [1.807, 2.05) is 42.5 Å². The molecule has 0 amide bonds. The van der Waals surface area contributed by atoms with Crippen molar-refractivity contribution in [2.45, 2.75) is 6.42 Å². The molecule has 4 nitrogen and oxygen atoms in total. The highest BCUT2D eigenvalue weighted by Crippen LogP contribution is 2.16. The molecule has 0 saturated heterocycles. The van der Waals surface area contributed by atoms with Gasteiger partial charge in [0, 0.05) is 6.08 Å². The number of allylic oxidation sites excluding steroid dienone is 1. The highest BCUT2D eigenvalue weighted by Gasteiger charge is 2.12. The second-order valence-electron chi connectivity index (χ2n) is 4.33. The zero-order chi connectivity index (χ0) is 14.4. The van der Waals surface area contributed by atoms with Crippen LogP contribution in [0.1, 0.15) is 11.1 Å². The van der Waals surface area contributed by atoms with Gasteiger partial charge in [0.1, 0.15) is 5.75 Å². The average molecular weight is 269 g/mol. The van der Waals surface area contributed by atoms with Crippen LogP contribution in [-0.4, -0.2) is 12.0 Å². The zero-order valence-corrected chi connectivity index (χ0v) is 11.2. The fourth-order valence-corrected chi connectivity index (χ4v) is 1.86. The van der Waals surface area contributed by atoms with Gasteiger partial charge in [0.2, 0.25) is 0 Å². The Hall–Kier alpha value is -2.62. The molecule has 0 fully saturated rings. The first-order chi connectivity index (χ1) is 9.69. The van der Waals surface area contributed by atoms with Crippen LogP contribution < -0.4 is 4.74 Å². The number of benzene rings is 2. The Kier molecular flexibility index (Phi) is 4.50. The predicted molar refractivity (Wildman–Crippen MR) is 78.1 cm³/mol. The van der Waals surface area contributed by atoms with Crippen LogP contribution in [0.3, 0.4) is 0 Å². The lowest BCUT2D eigenvalue weighted by molar-refractivity contribution is -0.425. The minimum Gasteiger partial charge on any atom is -0.497 e. The lowest BCUT2D eigenvalue weighted by Gasteiger charge is -2.02. The van der Waals surface area contributed by atoms with Crippen LogP contribution >= 0.6 is 0 Å². The third-order valence-electron chi connectivity index (χ3n) is 2.91. The van der Waals surface area contributed by atoms with E-state index in [4.69, 9.17) is 4.74 Å². The van der Waals surface area contributed by atoms with Crippen molar-refractivity contribution in [3.63, 3.8) is 0 Å². The van der Waals surface area contributed by atoms with Crippen LogP contribution in [0.4, 0.5) is 0 Å². The summed E-state index contributed by atoms with van der Waals surface area (Å²) in [6.45, 7) is 0. The minimum atomic E-state index is -0.336. The van der Waals surface area contributed by atoms with Gasteiger partial charge in [0.25, 0.3) is 5.70 Å². The molecule has 4 heteroatoms. The summed E-state index contributed by atoms with van der Waals surface area (Å²) >= 11 is 0. The van der Waals surface area contributed by atoms with E-state index in [0.717, 1.165) is 16.9 Å². The van der Waals surface area contributed by atoms with Crippen molar-refractivity contribution in [3.05, 3.63) is 81.5 Å². The Morgan fingerprint density at radius 2 is 1.80 bits per heavy atom. The van der Waals surface area contributed by atoms with Crippen LogP contribution in [-0.2, 0) is 6.42 Å². The Labute approximate surface area is 117 Å². The van der Waals surface area contributed by atoms with Gasteiger partial charge in [-0.05, 0) is 23.3 Å². The molecular formula is C16H15NO3. The number of nitro groups is 1. The Bertz CT molecular complexity index is 603. The van der Waals surface area contributed by atoms with E-state index in [9.17, 15) is 10.1 Å². The van der Waals surface area contributed by atoms with E-state index in [1.54, 1.807) is 25.3 Å². The molecule has 0 N–H and O–H groups in total. The molecule has 2 aromatic carbocycles. The molecule has 0 radical (unpaired) electrons. The largest absolute Gasteiger partial charge is 0.497 e. The number of hydrogen-bond donors (Lipinski definition) is 0. The SMILES string of the molecule is COc1ccc(CC(=Cc2ccccc2)[N+](=O)[O-])cc1. The van der Waals surface area contributed by atoms with Crippen LogP contribution in [0.25, 0.3) is 6.08 Å². The quantitative estimate of drug-likeness (QED) is 0.616. The second kappa shape index (κ2) is 6.52. The summed E-state index contributed by atoms with van der Waals surface area (Å²) < 4.78 is 5.07. The van der Waals surface area contributed by atoms with Crippen molar-refractivity contribution in [1.29, 1.82) is 0 Å². The van der Waals surface area contributed by atoms with E-state index in [0.29, 0.717) is 0 Å². The molecule has 0 aliphatic carbocycles. The van der Waals surface area contributed by atoms with Gasteiger partial charge in [0.15, 0.2) is 0 Å². The number of ether oxygens (including phenoxy) is 1. The molecule has 20 heavy (non-hydrogen) atoms. The smallest absolute Gasteiger partial charge is 0.251 e.